The molecule has 1 atom stereocenters. The molecule has 1 amide bonds. The number of nitrogens with two attached hydrogens (primary N) is 1. The Balaban J connectivity index is 1.62. The highest BCUT2D eigenvalue weighted by molar-refractivity contribution is 5.94. The fraction of sp³-hybridized carbons (Fsp3) is 0.474. The van der Waals surface area contributed by atoms with Crippen molar-refractivity contribution in [1.82, 2.24) is 15.1 Å². The van der Waals surface area contributed by atoms with Crippen molar-refractivity contribution in [1.29, 1.82) is 0 Å². The number of nitrogens with zero attached hydrogens (tertiary/aromatic N) is 2. The van der Waals surface area contributed by atoms with Gasteiger partial charge in [-0.15, -0.1) is 0 Å². The minimum Gasteiger partial charge on any atom is -0.349 e. The molecular formula is C19H23FN4O. The molecule has 0 saturated heterocycles. The lowest BCUT2D eigenvalue weighted by molar-refractivity contribution is 0.0944. The van der Waals surface area contributed by atoms with Crippen LogP contribution in [0.25, 0.3) is 5.69 Å². The van der Waals surface area contributed by atoms with E-state index < -0.39 is 0 Å². The Labute approximate surface area is 146 Å². The first-order valence-electron chi connectivity index (χ1n) is 8.95. The number of carbonyl (C=O) groups excluding carboxylic acids is 1. The zero-order valence-electron chi connectivity index (χ0n) is 14.4. The van der Waals surface area contributed by atoms with Gasteiger partial charge in [0.15, 0.2) is 5.69 Å². The van der Waals surface area contributed by atoms with Gasteiger partial charge < -0.3 is 11.1 Å². The van der Waals surface area contributed by atoms with Crippen LogP contribution >= 0.6 is 0 Å². The van der Waals surface area contributed by atoms with Crippen LogP contribution in [0.2, 0.25) is 0 Å². The van der Waals surface area contributed by atoms with Crippen LogP contribution in [0, 0.1) is 18.7 Å². The highest BCUT2D eigenvalue weighted by Crippen LogP contribution is 2.31. The van der Waals surface area contributed by atoms with Crippen LogP contribution in [0.1, 0.15) is 46.6 Å². The molecule has 1 aromatic heterocycles. The second kappa shape index (κ2) is 6.26. The van der Waals surface area contributed by atoms with Crippen LogP contribution in [-0.4, -0.2) is 28.3 Å². The summed E-state index contributed by atoms with van der Waals surface area (Å²) in [6.07, 6.45) is 4.87. The number of benzene rings is 1. The van der Waals surface area contributed by atoms with E-state index in [0.717, 1.165) is 48.9 Å². The van der Waals surface area contributed by atoms with Crippen molar-refractivity contribution in [3.63, 3.8) is 0 Å². The number of nitrogens with one attached hydrogen (secondary N) is 1. The third-order valence-corrected chi connectivity index (χ3v) is 5.20. The number of aromatic nitrogens is 2. The van der Waals surface area contributed by atoms with Gasteiger partial charge in [0.25, 0.3) is 5.91 Å². The fourth-order valence-corrected chi connectivity index (χ4v) is 3.59. The summed E-state index contributed by atoms with van der Waals surface area (Å²) < 4.78 is 16.0. The Morgan fingerprint density at radius 1 is 1.44 bits per heavy atom. The zero-order valence-corrected chi connectivity index (χ0v) is 14.4. The molecule has 5 nitrogen and oxygen atoms in total. The maximum Gasteiger partial charge on any atom is 0.272 e. The van der Waals surface area contributed by atoms with Gasteiger partial charge in [-0.2, -0.15) is 5.10 Å². The maximum atomic E-state index is 14.4. The molecule has 1 unspecified atom stereocenters. The molecule has 3 N–H and O–H groups in total. The smallest absolute Gasteiger partial charge is 0.272 e. The predicted molar refractivity (Wildman–Crippen MR) is 93.3 cm³/mol. The van der Waals surface area contributed by atoms with Gasteiger partial charge in [-0.05, 0) is 62.6 Å². The molecule has 0 aliphatic heterocycles. The number of carbonyl (C=O) groups is 1. The molecule has 25 heavy (non-hydrogen) atoms. The number of hydrogen-bond donors (Lipinski definition) is 2. The topological polar surface area (TPSA) is 72.9 Å². The van der Waals surface area contributed by atoms with Gasteiger partial charge in [-0.25, -0.2) is 9.07 Å². The lowest BCUT2D eigenvalue weighted by Crippen LogP contribution is -2.39. The van der Waals surface area contributed by atoms with Crippen LogP contribution in [-0.2, 0) is 12.8 Å². The molecule has 0 radical (unpaired) electrons. The minimum absolute atomic E-state index is 0.00799. The van der Waals surface area contributed by atoms with Gasteiger partial charge in [0.05, 0.1) is 0 Å². The number of fused-ring (bicyclic) bond motifs is 1. The lowest BCUT2D eigenvalue weighted by Gasteiger charge is -2.11. The van der Waals surface area contributed by atoms with Crippen molar-refractivity contribution in [2.45, 2.75) is 45.1 Å². The summed E-state index contributed by atoms with van der Waals surface area (Å²) in [7, 11) is 0. The summed E-state index contributed by atoms with van der Waals surface area (Å²) in [5, 5.41) is 7.36. The third kappa shape index (κ3) is 3.06. The molecule has 4 rings (SSSR count). The SMILES string of the molecule is Cc1ccc(-n2nc(C(=O)NCC(N)C3CC3)c3c2CCC3)c(F)c1. The molecule has 1 heterocycles. The van der Waals surface area contributed by atoms with E-state index in [-0.39, 0.29) is 17.8 Å². The van der Waals surface area contributed by atoms with Crippen LogP contribution in [0.15, 0.2) is 18.2 Å². The highest BCUT2D eigenvalue weighted by atomic mass is 19.1. The first kappa shape index (κ1) is 16.3. The van der Waals surface area contributed by atoms with Crippen LogP contribution in [0.3, 0.4) is 0 Å². The number of aryl methyl sites for hydroxylation is 1. The van der Waals surface area contributed by atoms with E-state index in [4.69, 9.17) is 5.73 Å². The van der Waals surface area contributed by atoms with E-state index in [9.17, 15) is 9.18 Å². The number of hydrogen-bond acceptors (Lipinski definition) is 3. The Hall–Kier alpha value is -2.21. The van der Waals surface area contributed by atoms with Crippen molar-refractivity contribution in [3.05, 3.63) is 46.5 Å². The summed E-state index contributed by atoms with van der Waals surface area (Å²) in [5.41, 5.74) is 9.62. The number of rotatable bonds is 5. The molecule has 1 aromatic carbocycles. The number of amides is 1. The Kier molecular flexibility index (Phi) is 4.07. The lowest BCUT2D eigenvalue weighted by atomic mass is 10.1. The van der Waals surface area contributed by atoms with Gasteiger partial charge in [-0.3, -0.25) is 4.79 Å². The normalized spacial score (nSPS) is 17.4. The molecule has 2 aliphatic carbocycles. The van der Waals surface area contributed by atoms with E-state index in [1.165, 1.54) is 6.07 Å². The summed E-state index contributed by atoms with van der Waals surface area (Å²) in [6, 6.07) is 5.08. The molecule has 2 aromatic rings. The second-order valence-electron chi connectivity index (χ2n) is 7.21. The summed E-state index contributed by atoms with van der Waals surface area (Å²) in [6.45, 7) is 2.31. The average molecular weight is 342 g/mol. The average Bonchev–Trinajstić information content (AvgIpc) is 3.22. The fourth-order valence-electron chi connectivity index (χ4n) is 3.59. The molecule has 6 heteroatoms. The largest absolute Gasteiger partial charge is 0.349 e. The van der Waals surface area contributed by atoms with E-state index in [2.05, 4.69) is 10.4 Å². The third-order valence-electron chi connectivity index (χ3n) is 5.20. The Morgan fingerprint density at radius 2 is 2.24 bits per heavy atom. The second-order valence-corrected chi connectivity index (χ2v) is 7.21. The van der Waals surface area contributed by atoms with Crippen LogP contribution < -0.4 is 11.1 Å². The first-order valence-corrected chi connectivity index (χ1v) is 8.95. The van der Waals surface area contributed by atoms with Crippen molar-refractivity contribution in [3.8, 4) is 5.69 Å². The molecule has 0 spiro atoms. The molecular weight excluding hydrogens is 319 g/mol. The van der Waals surface area contributed by atoms with Crippen molar-refractivity contribution < 1.29 is 9.18 Å². The molecule has 132 valence electrons. The monoisotopic (exact) mass is 342 g/mol. The molecule has 2 aliphatic rings. The Morgan fingerprint density at radius 3 is 2.96 bits per heavy atom. The quantitative estimate of drug-likeness (QED) is 0.875. The van der Waals surface area contributed by atoms with E-state index in [1.54, 1.807) is 10.7 Å². The van der Waals surface area contributed by atoms with Crippen LogP contribution in [0.4, 0.5) is 4.39 Å². The van der Waals surface area contributed by atoms with Crippen molar-refractivity contribution >= 4 is 5.91 Å². The van der Waals surface area contributed by atoms with Gasteiger partial charge in [0.1, 0.15) is 11.5 Å². The zero-order chi connectivity index (χ0) is 17.6. The highest BCUT2D eigenvalue weighted by Gasteiger charge is 2.30. The van der Waals surface area contributed by atoms with Gasteiger partial charge in [0, 0.05) is 23.8 Å². The van der Waals surface area contributed by atoms with Crippen LogP contribution in [0.5, 0.6) is 0 Å². The summed E-state index contributed by atoms with van der Waals surface area (Å²) in [4.78, 5) is 12.6. The van der Waals surface area contributed by atoms with E-state index in [1.807, 2.05) is 13.0 Å². The summed E-state index contributed by atoms with van der Waals surface area (Å²) in [5.74, 6) is 0.00524. The van der Waals surface area contributed by atoms with Crippen molar-refractivity contribution in [2.24, 2.45) is 11.7 Å². The predicted octanol–water partition coefficient (Wildman–Crippen LogP) is 2.28. The maximum absolute atomic E-state index is 14.4. The van der Waals surface area contributed by atoms with Gasteiger partial charge in [-0.1, -0.05) is 6.07 Å². The van der Waals surface area contributed by atoms with Gasteiger partial charge >= 0.3 is 0 Å². The first-order chi connectivity index (χ1) is 12.0. The van der Waals surface area contributed by atoms with Crippen molar-refractivity contribution in [2.75, 3.05) is 6.54 Å². The van der Waals surface area contributed by atoms with E-state index in [0.29, 0.717) is 23.8 Å². The summed E-state index contributed by atoms with van der Waals surface area (Å²) >= 11 is 0. The molecule has 1 fully saturated rings. The minimum atomic E-state index is -0.320. The Bertz CT molecular complexity index is 825. The van der Waals surface area contributed by atoms with Gasteiger partial charge in [0.2, 0.25) is 0 Å². The number of halogens is 1. The molecule has 1 saturated carbocycles. The molecule has 0 bridgehead atoms. The standard InChI is InChI=1S/C19H23FN4O/c1-11-5-8-17(14(20)9-11)24-16-4-2-3-13(16)18(23-24)19(25)22-10-15(21)12-6-7-12/h5,8-9,12,15H,2-4,6-7,10,21H2,1H3,(H,22,25). The van der Waals surface area contributed by atoms with E-state index >= 15 is 0 Å².